The number of hydrogen-bond donors (Lipinski definition) is 5. The van der Waals surface area contributed by atoms with Crippen molar-refractivity contribution < 1.29 is 29.4 Å². The number of aliphatic hydroxyl groups excluding tert-OH is 1. The molecule has 0 spiro atoms. The molecule has 1 aliphatic heterocycles. The Hall–Kier alpha value is -2.98. The van der Waals surface area contributed by atoms with Gasteiger partial charge in [-0.1, -0.05) is 30.3 Å². The van der Waals surface area contributed by atoms with Crippen molar-refractivity contribution in [2.45, 2.75) is 49.9 Å². The fraction of sp³-hybridized carbons (Fsp3) is 0.474. The van der Waals surface area contributed by atoms with Gasteiger partial charge in [-0.3, -0.25) is 14.4 Å². The molecule has 1 fully saturated rings. The van der Waals surface area contributed by atoms with E-state index >= 15 is 0 Å². The second kappa shape index (κ2) is 9.99. The van der Waals surface area contributed by atoms with Crippen molar-refractivity contribution >= 4 is 23.7 Å². The van der Waals surface area contributed by atoms with Gasteiger partial charge in [0.25, 0.3) is 5.91 Å². The van der Waals surface area contributed by atoms with Gasteiger partial charge in [0.15, 0.2) is 6.10 Å². The summed E-state index contributed by atoms with van der Waals surface area (Å²) in [6, 6.07) is 5.54. The van der Waals surface area contributed by atoms with Crippen molar-refractivity contribution in [3.05, 3.63) is 35.9 Å². The van der Waals surface area contributed by atoms with Crippen LogP contribution in [0.2, 0.25) is 0 Å². The van der Waals surface area contributed by atoms with Crippen LogP contribution in [0.1, 0.15) is 24.8 Å². The lowest BCUT2D eigenvalue weighted by atomic mass is 9.99. The summed E-state index contributed by atoms with van der Waals surface area (Å²) in [4.78, 5) is 48.6. The summed E-state index contributed by atoms with van der Waals surface area (Å²) in [6.07, 6.45) is -1.16. The number of primary amides is 1. The first-order valence-corrected chi connectivity index (χ1v) is 9.30. The lowest BCUT2D eigenvalue weighted by Gasteiger charge is -2.30. The molecule has 0 bridgehead atoms. The number of amides is 3. The Bertz CT molecular complexity index is 756. The van der Waals surface area contributed by atoms with Crippen LogP contribution in [0.3, 0.4) is 0 Å². The second-order valence-corrected chi connectivity index (χ2v) is 7.05. The highest BCUT2D eigenvalue weighted by Gasteiger charge is 2.39. The molecule has 1 aliphatic rings. The van der Waals surface area contributed by atoms with Gasteiger partial charge >= 0.3 is 5.97 Å². The van der Waals surface area contributed by atoms with E-state index in [9.17, 15) is 29.4 Å². The number of carbonyl (C=O) groups excluding carboxylic acids is 3. The fourth-order valence-electron chi connectivity index (χ4n) is 3.34. The first-order chi connectivity index (χ1) is 13.7. The number of aliphatic carboxylic acids is 1. The molecular weight excluding hydrogens is 380 g/mol. The highest BCUT2D eigenvalue weighted by molar-refractivity contribution is 5.90. The van der Waals surface area contributed by atoms with Crippen LogP contribution < -0.4 is 16.8 Å². The highest BCUT2D eigenvalue weighted by Crippen LogP contribution is 2.20. The predicted octanol–water partition coefficient (Wildman–Crippen LogP) is -1.65. The average molecular weight is 406 g/mol. The molecule has 0 saturated carbocycles. The minimum absolute atomic E-state index is 0.106. The zero-order chi connectivity index (χ0) is 21.6. The molecule has 7 N–H and O–H groups in total. The Morgan fingerprint density at radius 1 is 1.21 bits per heavy atom. The molecule has 0 radical (unpaired) electrons. The van der Waals surface area contributed by atoms with Gasteiger partial charge in [0, 0.05) is 6.54 Å². The van der Waals surface area contributed by atoms with E-state index in [-0.39, 0.29) is 19.4 Å². The van der Waals surface area contributed by atoms with Crippen LogP contribution in [0.5, 0.6) is 0 Å². The molecule has 1 unspecified atom stereocenters. The molecule has 3 amide bonds. The first-order valence-electron chi connectivity index (χ1n) is 9.30. The molecule has 1 heterocycles. The van der Waals surface area contributed by atoms with E-state index in [1.165, 1.54) is 0 Å². The molecule has 1 aromatic rings. The summed E-state index contributed by atoms with van der Waals surface area (Å²) in [7, 11) is 0. The van der Waals surface area contributed by atoms with Crippen molar-refractivity contribution in [3.8, 4) is 0 Å². The molecule has 1 aromatic carbocycles. The van der Waals surface area contributed by atoms with E-state index in [1.54, 1.807) is 30.3 Å². The third kappa shape index (κ3) is 6.00. The number of benzene rings is 1. The summed E-state index contributed by atoms with van der Waals surface area (Å²) >= 11 is 0. The number of hydrogen-bond acceptors (Lipinski definition) is 6. The summed E-state index contributed by atoms with van der Waals surface area (Å²) in [5, 5.41) is 22.5. The van der Waals surface area contributed by atoms with Crippen molar-refractivity contribution in [1.29, 1.82) is 0 Å². The number of rotatable bonds is 9. The molecule has 10 nitrogen and oxygen atoms in total. The van der Waals surface area contributed by atoms with E-state index in [0.29, 0.717) is 12.8 Å². The number of carboxylic acid groups (broad SMARTS) is 1. The Morgan fingerprint density at radius 3 is 2.45 bits per heavy atom. The third-order valence-corrected chi connectivity index (χ3v) is 4.84. The van der Waals surface area contributed by atoms with E-state index < -0.39 is 47.9 Å². The van der Waals surface area contributed by atoms with Gasteiger partial charge < -0.3 is 31.9 Å². The normalized spacial score (nSPS) is 19.2. The molecule has 29 heavy (non-hydrogen) atoms. The number of likely N-dealkylation sites (tertiary alicyclic amines) is 1. The number of nitrogens with one attached hydrogen (secondary N) is 1. The maximum atomic E-state index is 12.8. The molecule has 1 saturated heterocycles. The molecule has 0 aromatic heterocycles. The summed E-state index contributed by atoms with van der Waals surface area (Å²) in [6.45, 7) is 0.208. The summed E-state index contributed by atoms with van der Waals surface area (Å²) < 4.78 is 0. The Kier molecular flexibility index (Phi) is 7.68. The number of carbonyl (C=O) groups is 4. The number of carboxylic acids is 1. The van der Waals surface area contributed by atoms with E-state index in [2.05, 4.69) is 5.32 Å². The maximum absolute atomic E-state index is 12.8. The lowest BCUT2D eigenvalue weighted by molar-refractivity contribution is -0.153. The van der Waals surface area contributed by atoms with Gasteiger partial charge in [-0.05, 0) is 24.8 Å². The molecule has 158 valence electrons. The predicted molar refractivity (Wildman–Crippen MR) is 102 cm³/mol. The number of aliphatic hydroxyl groups is 1. The molecule has 0 aliphatic carbocycles. The third-order valence-electron chi connectivity index (χ3n) is 4.84. The smallest absolute Gasteiger partial charge is 0.326 e. The van der Waals surface area contributed by atoms with Gasteiger partial charge in [-0.15, -0.1) is 0 Å². The Balaban J connectivity index is 2.18. The van der Waals surface area contributed by atoms with Gasteiger partial charge in [0.05, 0.1) is 18.5 Å². The van der Waals surface area contributed by atoms with Gasteiger partial charge in [0.2, 0.25) is 11.8 Å². The monoisotopic (exact) mass is 406 g/mol. The summed E-state index contributed by atoms with van der Waals surface area (Å²) in [5.41, 5.74) is 11.4. The number of nitrogens with zero attached hydrogens (tertiary/aromatic N) is 1. The second-order valence-electron chi connectivity index (χ2n) is 7.05. The van der Waals surface area contributed by atoms with Gasteiger partial charge in [-0.25, -0.2) is 4.79 Å². The van der Waals surface area contributed by atoms with Gasteiger partial charge in [0.1, 0.15) is 6.04 Å². The van der Waals surface area contributed by atoms with Crippen LogP contribution in [-0.2, 0) is 25.6 Å². The van der Waals surface area contributed by atoms with E-state index in [0.717, 1.165) is 10.5 Å². The quantitative estimate of drug-likeness (QED) is 0.326. The van der Waals surface area contributed by atoms with E-state index in [1.807, 2.05) is 0 Å². The van der Waals surface area contributed by atoms with Crippen molar-refractivity contribution in [1.82, 2.24) is 10.2 Å². The average Bonchev–Trinajstić information content (AvgIpc) is 3.16. The van der Waals surface area contributed by atoms with Crippen molar-refractivity contribution in [2.75, 3.05) is 6.54 Å². The SMILES string of the molecule is NC(=O)C[C@H](N)C(=O)N[C@@H](Cc1ccccc1)C(O)C(=O)N1CCC[C@H]1C(=O)O. The van der Waals surface area contributed by atoms with Crippen LogP contribution in [0.15, 0.2) is 30.3 Å². The van der Waals surface area contributed by atoms with Gasteiger partial charge in [-0.2, -0.15) is 0 Å². The Labute approximate surface area is 167 Å². The minimum atomic E-state index is -1.68. The topological polar surface area (TPSA) is 176 Å². The van der Waals surface area contributed by atoms with Crippen molar-refractivity contribution in [2.24, 2.45) is 11.5 Å². The van der Waals surface area contributed by atoms with E-state index in [4.69, 9.17) is 11.5 Å². The van der Waals surface area contributed by atoms with Crippen molar-refractivity contribution in [3.63, 3.8) is 0 Å². The molecule has 2 rings (SSSR count). The standard InChI is InChI=1S/C19H26N4O6/c20-12(10-15(21)24)17(26)22-13(9-11-5-2-1-3-6-11)16(25)18(27)23-8-4-7-14(23)19(28)29/h1-3,5-6,12-14,16,25H,4,7-10,20H2,(H2,21,24)(H,22,26)(H,28,29)/t12-,13-,14-,16?/m0/s1. The number of nitrogens with two attached hydrogens (primary N) is 2. The first kappa shape index (κ1) is 22.3. The minimum Gasteiger partial charge on any atom is -0.480 e. The fourth-order valence-corrected chi connectivity index (χ4v) is 3.34. The summed E-state index contributed by atoms with van der Waals surface area (Å²) in [5.74, 6) is -3.42. The van der Waals surface area contributed by atoms with Crippen LogP contribution in [0.25, 0.3) is 0 Å². The van der Waals surface area contributed by atoms with Crippen LogP contribution in [0, 0.1) is 0 Å². The molecular formula is C19H26N4O6. The van der Waals surface area contributed by atoms with Crippen LogP contribution in [-0.4, -0.2) is 69.6 Å². The molecule has 10 heteroatoms. The largest absolute Gasteiger partial charge is 0.480 e. The zero-order valence-electron chi connectivity index (χ0n) is 15.9. The van der Waals surface area contributed by atoms with Crippen LogP contribution >= 0.6 is 0 Å². The Morgan fingerprint density at radius 2 is 1.86 bits per heavy atom. The zero-order valence-corrected chi connectivity index (χ0v) is 15.9. The lowest BCUT2D eigenvalue weighted by Crippen LogP contribution is -2.57. The maximum Gasteiger partial charge on any atom is 0.326 e. The highest BCUT2D eigenvalue weighted by atomic mass is 16.4. The van der Waals surface area contributed by atoms with Crippen LogP contribution in [0.4, 0.5) is 0 Å². The molecule has 4 atom stereocenters.